The molecule has 2 aromatic rings. The first-order valence-electron chi connectivity index (χ1n) is 9.48. The van der Waals surface area contributed by atoms with Gasteiger partial charge in [0.05, 0.1) is 12.5 Å². The zero-order valence-corrected chi connectivity index (χ0v) is 15.9. The van der Waals surface area contributed by atoms with Crippen LogP contribution in [0.5, 0.6) is 11.5 Å². The van der Waals surface area contributed by atoms with Crippen LogP contribution in [0.3, 0.4) is 0 Å². The number of methoxy groups -OCH3 is 1. The number of amides is 2. The van der Waals surface area contributed by atoms with E-state index in [1.54, 1.807) is 7.11 Å². The molecule has 2 aromatic carbocycles. The summed E-state index contributed by atoms with van der Waals surface area (Å²) in [6.07, 6.45) is 1.02. The fourth-order valence-electron chi connectivity index (χ4n) is 4.04. The summed E-state index contributed by atoms with van der Waals surface area (Å²) in [6, 6.07) is 15.9. The number of rotatable bonds is 6. The Bertz CT molecular complexity index is 883. The maximum atomic E-state index is 12.2. The van der Waals surface area contributed by atoms with Crippen LogP contribution >= 0.6 is 0 Å². The number of nitrogens with one attached hydrogen (secondary N) is 1. The van der Waals surface area contributed by atoms with E-state index in [1.165, 1.54) is 0 Å². The molecule has 1 atom stereocenters. The van der Waals surface area contributed by atoms with Gasteiger partial charge in [-0.2, -0.15) is 0 Å². The Morgan fingerprint density at radius 1 is 1.07 bits per heavy atom. The number of hydrogen-bond acceptors (Lipinski definition) is 5. The molecule has 2 amide bonds. The third kappa shape index (κ3) is 3.73. The van der Waals surface area contributed by atoms with Crippen LogP contribution in [0.15, 0.2) is 48.5 Å². The monoisotopic (exact) mass is 380 g/mol. The second-order valence-electron chi connectivity index (χ2n) is 7.55. The lowest BCUT2D eigenvalue weighted by molar-refractivity contribution is -0.128. The van der Waals surface area contributed by atoms with E-state index in [-0.39, 0.29) is 11.8 Å². The highest BCUT2D eigenvalue weighted by atomic mass is 16.5. The van der Waals surface area contributed by atoms with Crippen LogP contribution in [0.4, 0.5) is 0 Å². The Balaban J connectivity index is 1.44. The molecular formula is C22H24N2O4. The largest absolute Gasteiger partial charge is 0.493 e. The van der Waals surface area contributed by atoms with Crippen molar-refractivity contribution in [2.75, 3.05) is 20.2 Å². The van der Waals surface area contributed by atoms with Crippen LogP contribution in [0.25, 0.3) is 0 Å². The SMILES string of the molecule is COc1ccc(CN2CC[C@]3(CC(=O)NC3=O)C2)cc1OCc1ccccc1. The molecule has 6 nitrogen and oxygen atoms in total. The predicted octanol–water partition coefficient (Wildman–Crippen LogP) is 2.51. The van der Waals surface area contributed by atoms with Crippen molar-refractivity contribution < 1.29 is 19.1 Å². The molecule has 0 bridgehead atoms. The first-order chi connectivity index (χ1) is 13.6. The van der Waals surface area contributed by atoms with Crippen LogP contribution in [0, 0.1) is 5.41 Å². The van der Waals surface area contributed by atoms with E-state index in [4.69, 9.17) is 9.47 Å². The molecule has 146 valence electrons. The molecule has 1 N–H and O–H groups in total. The quantitative estimate of drug-likeness (QED) is 0.780. The number of imide groups is 1. The minimum atomic E-state index is -0.545. The molecule has 2 heterocycles. The third-order valence-electron chi connectivity index (χ3n) is 5.54. The third-order valence-corrected chi connectivity index (χ3v) is 5.54. The summed E-state index contributed by atoms with van der Waals surface area (Å²) in [5, 5.41) is 2.45. The minimum Gasteiger partial charge on any atom is -0.493 e. The number of ether oxygens (including phenoxy) is 2. The highest BCUT2D eigenvalue weighted by molar-refractivity contribution is 6.06. The Labute approximate surface area is 164 Å². The molecule has 0 unspecified atom stereocenters. The normalized spacial score (nSPS) is 21.9. The summed E-state index contributed by atoms with van der Waals surface area (Å²) in [6.45, 7) is 2.58. The molecule has 0 saturated carbocycles. The first-order valence-corrected chi connectivity index (χ1v) is 9.48. The van der Waals surface area contributed by atoms with Gasteiger partial charge >= 0.3 is 0 Å². The van der Waals surface area contributed by atoms with Crippen molar-refractivity contribution in [2.24, 2.45) is 5.41 Å². The van der Waals surface area contributed by atoms with E-state index in [0.29, 0.717) is 37.6 Å². The average Bonchev–Trinajstić information content (AvgIpc) is 3.23. The van der Waals surface area contributed by atoms with Gasteiger partial charge in [0, 0.05) is 19.5 Å². The molecule has 1 spiro atoms. The number of carbonyl (C=O) groups is 2. The van der Waals surface area contributed by atoms with E-state index >= 15 is 0 Å². The fraction of sp³-hybridized carbons (Fsp3) is 0.364. The molecule has 2 fully saturated rings. The zero-order chi connectivity index (χ0) is 19.6. The molecule has 2 aliphatic heterocycles. The van der Waals surface area contributed by atoms with Crippen LogP contribution < -0.4 is 14.8 Å². The van der Waals surface area contributed by atoms with Gasteiger partial charge in [-0.1, -0.05) is 36.4 Å². The standard InChI is InChI=1S/C22H24N2O4/c1-27-18-8-7-17(11-19(18)28-14-16-5-3-2-4-6-16)13-24-10-9-22(15-24)12-20(25)23-21(22)26/h2-8,11H,9-10,12-15H2,1H3,(H,23,25,26)/t22-/m0/s1. The second-order valence-corrected chi connectivity index (χ2v) is 7.55. The summed E-state index contributed by atoms with van der Waals surface area (Å²) in [4.78, 5) is 26.0. The maximum absolute atomic E-state index is 12.2. The zero-order valence-electron chi connectivity index (χ0n) is 15.9. The van der Waals surface area contributed by atoms with Gasteiger partial charge in [0.25, 0.3) is 0 Å². The fourth-order valence-corrected chi connectivity index (χ4v) is 4.04. The van der Waals surface area contributed by atoms with Gasteiger partial charge in [-0.3, -0.25) is 19.8 Å². The molecule has 6 heteroatoms. The number of benzene rings is 2. The molecule has 0 radical (unpaired) electrons. The maximum Gasteiger partial charge on any atom is 0.234 e. The number of hydrogen-bond donors (Lipinski definition) is 1. The second kappa shape index (κ2) is 7.64. The van der Waals surface area contributed by atoms with Gasteiger partial charge in [-0.15, -0.1) is 0 Å². The van der Waals surface area contributed by atoms with E-state index in [2.05, 4.69) is 10.2 Å². The average molecular weight is 380 g/mol. The van der Waals surface area contributed by atoms with Gasteiger partial charge in [-0.25, -0.2) is 0 Å². The minimum absolute atomic E-state index is 0.124. The van der Waals surface area contributed by atoms with E-state index in [9.17, 15) is 9.59 Å². The summed E-state index contributed by atoms with van der Waals surface area (Å²) < 4.78 is 11.4. The number of carbonyl (C=O) groups excluding carboxylic acids is 2. The van der Waals surface area contributed by atoms with Crippen molar-refractivity contribution in [3.8, 4) is 11.5 Å². The van der Waals surface area contributed by atoms with Gasteiger partial charge in [0.2, 0.25) is 11.8 Å². The smallest absolute Gasteiger partial charge is 0.234 e. The van der Waals surface area contributed by atoms with Gasteiger partial charge in [0.15, 0.2) is 11.5 Å². The van der Waals surface area contributed by atoms with E-state index < -0.39 is 5.41 Å². The lowest BCUT2D eigenvalue weighted by Crippen LogP contribution is -2.34. The van der Waals surface area contributed by atoms with Crippen molar-refractivity contribution in [1.29, 1.82) is 0 Å². The summed E-state index contributed by atoms with van der Waals surface area (Å²) >= 11 is 0. The van der Waals surface area contributed by atoms with Crippen molar-refractivity contribution in [3.05, 3.63) is 59.7 Å². The van der Waals surface area contributed by atoms with Crippen molar-refractivity contribution >= 4 is 11.8 Å². The summed E-state index contributed by atoms with van der Waals surface area (Å²) in [7, 11) is 1.63. The lowest BCUT2D eigenvalue weighted by atomic mass is 9.85. The van der Waals surface area contributed by atoms with Crippen LogP contribution in [-0.4, -0.2) is 36.9 Å². The van der Waals surface area contributed by atoms with Gasteiger partial charge in [0.1, 0.15) is 6.61 Å². The summed E-state index contributed by atoms with van der Waals surface area (Å²) in [5.41, 5.74) is 1.63. The Kier molecular flexibility index (Phi) is 5.05. The van der Waals surface area contributed by atoms with E-state index in [0.717, 1.165) is 24.1 Å². The lowest BCUT2D eigenvalue weighted by Gasteiger charge is -2.21. The topological polar surface area (TPSA) is 67.9 Å². The first kappa shape index (κ1) is 18.5. The van der Waals surface area contributed by atoms with Crippen LogP contribution in [-0.2, 0) is 22.7 Å². The van der Waals surface area contributed by atoms with Crippen LogP contribution in [0.2, 0.25) is 0 Å². The van der Waals surface area contributed by atoms with Gasteiger partial charge < -0.3 is 9.47 Å². The Morgan fingerprint density at radius 3 is 2.61 bits per heavy atom. The molecular weight excluding hydrogens is 356 g/mol. The molecule has 2 aliphatic rings. The van der Waals surface area contributed by atoms with Gasteiger partial charge in [-0.05, 0) is 36.2 Å². The summed E-state index contributed by atoms with van der Waals surface area (Å²) in [5.74, 6) is 1.11. The predicted molar refractivity (Wildman–Crippen MR) is 104 cm³/mol. The van der Waals surface area contributed by atoms with Crippen molar-refractivity contribution in [2.45, 2.75) is 26.0 Å². The molecule has 4 rings (SSSR count). The highest BCUT2D eigenvalue weighted by Crippen LogP contribution is 2.38. The number of likely N-dealkylation sites (tertiary alicyclic amines) is 1. The molecule has 28 heavy (non-hydrogen) atoms. The molecule has 0 aliphatic carbocycles. The van der Waals surface area contributed by atoms with Crippen LogP contribution in [0.1, 0.15) is 24.0 Å². The van der Waals surface area contributed by atoms with Crippen molar-refractivity contribution in [1.82, 2.24) is 10.2 Å². The van der Waals surface area contributed by atoms with E-state index in [1.807, 2.05) is 48.5 Å². The highest BCUT2D eigenvalue weighted by Gasteiger charge is 2.50. The molecule has 0 aromatic heterocycles. The Morgan fingerprint density at radius 2 is 1.89 bits per heavy atom. The van der Waals surface area contributed by atoms with Crippen molar-refractivity contribution in [3.63, 3.8) is 0 Å². The number of nitrogens with zero attached hydrogens (tertiary/aromatic N) is 1. The Hall–Kier alpha value is -2.86. The molecule has 2 saturated heterocycles.